The van der Waals surface area contributed by atoms with Crippen LogP contribution in [0.3, 0.4) is 0 Å². The number of phenolic OH excluding ortho intramolecular Hbond substituents is 1. The van der Waals surface area contributed by atoms with E-state index in [1.165, 1.54) is 11.1 Å². The number of halogens is 2. The van der Waals surface area contributed by atoms with Gasteiger partial charge in [-0.2, -0.15) is 9.78 Å². The van der Waals surface area contributed by atoms with Crippen LogP contribution < -0.4 is 10.3 Å². The molecule has 0 aliphatic heterocycles. The maximum atomic E-state index is 13.4. The van der Waals surface area contributed by atoms with Crippen molar-refractivity contribution in [3.63, 3.8) is 0 Å². The van der Waals surface area contributed by atoms with Crippen LogP contribution in [-0.2, 0) is 0 Å². The molecule has 162 valence electrons. The molecule has 31 heavy (non-hydrogen) atoms. The average Bonchev–Trinajstić information content (AvgIpc) is 2.77. The number of rotatable bonds is 5. The van der Waals surface area contributed by atoms with E-state index in [0.717, 1.165) is 30.2 Å². The molecule has 0 amide bonds. The van der Waals surface area contributed by atoms with E-state index in [1.54, 1.807) is 24.4 Å². The molecule has 1 saturated carbocycles. The third-order valence-electron chi connectivity index (χ3n) is 5.49. The summed E-state index contributed by atoms with van der Waals surface area (Å²) in [6.45, 7) is 2.28. The van der Waals surface area contributed by atoms with Gasteiger partial charge in [0.15, 0.2) is 11.5 Å². The van der Waals surface area contributed by atoms with Gasteiger partial charge in [0.05, 0.1) is 23.7 Å². The zero-order chi connectivity index (χ0) is 22.0. The molecule has 0 spiro atoms. The monoisotopic (exact) mass is 547 g/mol. The van der Waals surface area contributed by atoms with E-state index in [0.29, 0.717) is 39.1 Å². The Morgan fingerprint density at radius 2 is 2.00 bits per heavy atom. The zero-order valence-electron chi connectivity index (χ0n) is 17.1. The molecule has 0 radical (unpaired) electrons. The van der Waals surface area contributed by atoms with Crippen LogP contribution in [0.5, 0.6) is 11.5 Å². The van der Waals surface area contributed by atoms with Crippen LogP contribution in [0, 0.1) is 0 Å². The predicted molar refractivity (Wildman–Crippen MR) is 129 cm³/mol. The van der Waals surface area contributed by atoms with Crippen molar-refractivity contribution in [1.29, 1.82) is 0 Å². The molecular weight excluding hydrogens is 526 g/mol. The largest absolute Gasteiger partial charge is 0.504 e. The van der Waals surface area contributed by atoms with Crippen molar-refractivity contribution in [3.8, 4) is 11.5 Å². The Balaban J connectivity index is 1.85. The van der Waals surface area contributed by atoms with Gasteiger partial charge in [-0.3, -0.25) is 4.79 Å². The maximum Gasteiger partial charge on any atom is 0.282 e. The molecule has 1 aliphatic rings. The second-order valence-corrected chi connectivity index (χ2v) is 9.37. The van der Waals surface area contributed by atoms with Gasteiger partial charge in [-0.15, -0.1) is 0 Å². The van der Waals surface area contributed by atoms with Gasteiger partial charge in [-0.1, -0.05) is 35.2 Å². The van der Waals surface area contributed by atoms with Crippen molar-refractivity contribution in [2.24, 2.45) is 5.10 Å². The molecule has 1 aromatic heterocycles. The minimum Gasteiger partial charge on any atom is -0.504 e. The number of hydrogen-bond acceptors (Lipinski definition) is 5. The lowest BCUT2D eigenvalue weighted by molar-refractivity contribution is 0.318. The minimum atomic E-state index is -0.192. The highest BCUT2D eigenvalue weighted by Gasteiger charge is 2.22. The van der Waals surface area contributed by atoms with Crippen LogP contribution in [-0.4, -0.2) is 27.6 Å². The molecule has 1 fully saturated rings. The Morgan fingerprint density at radius 3 is 2.74 bits per heavy atom. The molecule has 0 bridgehead atoms. The van der Waals surface area contributed by atoms with Gasteiger partial charge in [0.25, 0.3) is 5.56 Å². The third kappa shape index (κ3) is 4.70. The number of nitrogens with zero attached hydrogens (tertiary/aromatic N) is 3. The summed E-state index contributed by atoms with van der Waals surface area (Å²) >= 11 is 6.90. The number of aromatic nitrogens is 2. The predicted octanol–water partition coefficient (Wildman–Crippen LogP) is 5.96. The van der Waals surface area contributed by atoms with E-state index in [-0.39, 0.29) is 17.2 Å². The molecule has 1 N–H and O–H groups in total. The quantitative estimate of drug-likeness (QED) is 0.399. The third-order valence-corrected chi connectivity index (χ3v) is 6.67. The Hall–Kier alpha value is -2.19. The van der Waals surface area contributed by atoms with Crippen LogP contribution in [0.25, 0.3) is 10.9 Å². The second kappa shape index (κ2) is 9.53. The first kappa shape index (κ1) is 22.0. The summed E-state index contributed by atoms with van der Waals surface area (Å²) in [6.07, 6.45) is 7.08. The molecule has 1 aliphatic carbocycles. The Morgan fingerprint density at radius 1 is 1.23 bits per heavy atom. The number of benzene rings is 2. The summed E-state index contributed by atoms with van der Waals surface area (Å²) in [5.74, 6) is 1.32. The number of ether oxygens (including phenoxy) is 1. The highest BCUT2D eigenvalue weighted by molar-refractivity contribution is 9.10. The SMILES string of the molecule is CCOc1cc(C=Nn2c(C3CCCCC3)nc3ccc(Br)cc3c2=O)c(Br)cc1O. The number of hydrogen-bond donors (Lipinski definition) is 1. The van der Waals surface area contributed by atoms with E-state index in [1.807, 2.05) is 19.1 Å². The molecule has 6 nitrogen and oxygen atoms in total. The van der Waals surface area contributed by atoms with E-state index < -0.39 is 0 Å². The van der Waals surface area contributed by atoms with Crippen molar-refractivity contribution in [2.75, 3.05) is 6.61 Å². The van der Waals surface area contributed by atoms with Crippen LogP contribution in [0.4, 0.5) is 0 Å². The van der Waals surface area contributed by atoms with Gasteiger partial charge in [-0.05, 0) is 66.0 Å². The lowest BCUT2D eigenvalue weighted by atomic mass is 9.88. The fourth-order valence-electron chi connectivity index (χ4n) is 3.95. The molecule has 1 heterocycles. The van der Waals surface area contributed by atoms with Crippen molar-refractivity contribution in [1.82, 2.24) is 9.66 Å². The normalized spacial score (nSPS) is 15.1. The number of fused-ring (bicyclic) bond motifs is 1. The first-order valence-electron chi connectivity index (χ1n) is 10.4. The van der Waals surface area contributed by atoms with E-state index >= 15 is 0 Å². The lowest BCUT2D eigenvalue weighted by Gasteiger charge is -2.22. The summed E-state index contributed by atoms with van der Waals surface area (Å²) in [5.41, 5.74) is 1.19. The van der Waals surface area contributed by atoms with Gasteiger partial charge in [-0.25, -0.2) is 4.98 Å². The highest BCUT2D eigenvalue weighted by Crippen LogP contribution is 2.33. The van der Waals surface area contributed by atoms with Crippen LogP contribution in [0.15, 0.2) is 49.2 Å². The van der Waals surface area contributed by atoms with Crippen LogP contribution in [0.1, 0.15) is 56.3 Å². The summed E-state index contributed by atoms with van der Waals surface area (Å²) in [4.78, 5) is 18.2. The van der Waals surface area contributed by atoms with Crippen molar-refractivity contribution < 1.29 is 9.84 Å². The first-order valence-corrected chi connectivity index (χ1v) is 12.0. The van der Waals surface area contributed by atoms with Gasteiger partial charge in [0.1, 0.15) is 5.82 Å². The summed E-state index contributed by atoms with van der Waals surface area (Å²) in [6, 6.07) is 8.81. The minimum absolute atomic E-state index is 0.0446. The average molecular weight is 549 g/mol. The lowest BCUT2D eigenvalue weighted by Crippen LogP contribution is -2.25. The first-order chi connectivity index (χ1) is 15.0. The van der Waals surface area contributed by atoms with Crippen molar-refractivity contribution >= 4 is 49.0 Å². The summed E-state index contributed by atoms with van der Waals surface area (Å²) < 4.78 is 8.39. The summed E-state index contributed by atoms with van der Waals surface area (Å²) in [7, 11) is 0. The van der Waals surface area contributed by atoms with E-state index in [4.69, 9.17) is 9.72 Å². The molecule has 3 aromatic rings. The summed E-state index contributed by atoms with van der Waals surface area (Å²) in [5, 5.41) is 15.1. The fraction of sp³-hybridized carbons (Fsp3) is 0.348. The van der Waals surface area contributed by atoms with Crippen molar-refractivity contribution in [3.05, 3.63) is 61.0 Å². The molecule has 0 unspecified atom stereocenters. The van der Waals surface area contributed by atoms with Crippen LogP contribution in [0.2, 0.25) is 0 Å². The van der Waals surface area contributed by atoms with Crippen molar-refractivity contribution in [2.45, 2.75) is 44.9 Å². The van der Waals surface area contributed by atoms with Gasteiger partial charge < -0.3 is 9.84 Å². The van der Waals surface area contributed by atoms with Gasteiger partial charge in [0.2, 0.25) is 0 Å². The molecule has 0 saturated heterocycles. The Kier molecular flexibility index (Phi) is 6.77. The zero-order valence-corrected chi connectivity index (χ0v) is 20.3. The standard InChI is InChI=1S/C23H23Br2N3O3/c1-2-31-21-10-15(18(25)12-20(21)29)13-26-28-22(14-6-4-3-5-7-14)27-19-9-8-16(24)11-17(19)23(28)30/h8-14,29H,2-7H2,1H3. The van der Waals surface area contributed by atoms with Crippen LogP contribution >= 0.6 is 31.9 Å². The molecular formula is C23H23Br2N3O3. The smallest absolute Gasteiger partial charge is 0.282 e. The fourth-order valence-corrected chi connectivity index (χ4v) is 4.75. The Labute approximate surface area is 197 Å². The maximum absolute atomic E-state index is 13.4. The highest BCUT2D eigenvalue weighted by atomic mass is 79.9. The number of aromatic hydroxyl groups is 1. The number of phenols is 1. The molecule has 2 aromatic carbocycles. The van der Waals surface area contributed by atoms with E-state index in [2.05, 4.69) is 37.0 Å². The van der Waals surface area contributed by atoms with Gasteiger partial charge in [0, 0.05) is 20.4 Å². The molecule has 8 heteroatoms. The topological polar surface area (TPSA) is 76.7 Å². The van der Waals surface area contributed by atoms with E-state index in [9.17, 15) is 9.90 Å². The van der Waals surface area contributed by atoms with Gasteiger partial charge >= 0.3 is 0 Å². The second-order valence-electron chi connectivity index (χ2n) is 7.60. The molecule has 4 rings (SSSR count). The molecule has 0 atom stereocenters. The Bertz CT molecular complexity index is 1200.